The first-order valence-electron chi connectivity index (χ1n) is 11.4. The smallest absolute Gasteiger partial charge is 0.368 e. The Balaban J connectivity index is 1.65. The number of nitrogens with zero attached hydrogens (tertiary/aromatic N) is 1. The van der Waals surface area contributed by atoms with Crippen molar-refractivity contribution in [1.29, 1.82) is 0 Å². The Morgan fingerprint density at radius 2 is 1.83 bits per heavy atom. The van der Waals surface area contributed by atoms with Gasteiger partial charge in [-0.25, -0.2) is 0 Å². The molecule has 2 atom stereocenters. The summed E-state index contributed by atoms with van der Waals surface area (Å²) in [4.78, 5) is 28.2. The first kappa shape index (κ1) is 25.8. The van der Waals surface area contributed by atoms with Crippen LogP contribution in [0.3, 0.4) is 0 Å². The van der Waals surface area contributed by atoms with Gasteiger partial charge in [0.25, 0.3) is 0 Å². The highest BCUT2D eigenvalue weighted by molar-refractivity contribution is 6.35. The van der Waals surface area contributed by atoms with Crippen LogP contribution in [0.5, 0.6) is 0 Å². The highest BCUT2D eigenvalue weighted by Gasteiger charge is 2.55. The molecule has 5 nitrogen and oxygen atoms in total. The molecule has 188 valence electrons. The maximum absolute atomic E-state index is 14.0. The summed E-state index contributed by atoms with van der Waals surface area (Å²) in [6, 6.07) is 8.57. The molecular weight excluding hydrogens is 502 g/mol. The number of rotatable bonds is 8. The van der Waals surface area contributed by atoms with Crippen LogP contribution < -0.4 is 11.1 Å². The molecule has 1 aliphatic carbocycles. The van der Waals surface area contributed by atoms with Crippen LogP contribution in [0, 0.1) is 5.92 Å². The Hall–Kier alpha value is -2.29. The molecule has 0 spiro atoms. The van der Waals surface area contributed by atoms with Gasteiger partial charge in [-0.05, 0) is 73.7 Å². The minimum absolute atomic E-state index is 0.0176. The molecule has 1 saturated heterocycles. The molecular formula is C25H26Cl2F3N3O2. The van der Waals surface area contributed by atoms with Crippen LogP contribution in [-0.4, -0.2) is 42.4 Å². The molecule has 1 unspecified atom stereocenters. The van der Waals surface area contributed by atoms with Crippen LogP contribution in [0.1, 0.15) is 36.0 Å². The topological polar surface area (TPSA) is 75.4 Å². The van der Waals surface area contributed by atoms with Gasteiger partial charge in [-0.3, -0.25) is 9.59 Å². The lowest BCUT2D eigenvalue weighted by atomic mass is 9.91. The van der Waals surface area contributed by atoms with Crippen LogP contribution in [0.2, 0.25) is 10.0 Å². The average molecular weight is 528 g/mol. The molecule has 0 aromatic heterocycles. The fraction of sp³-hybridized carbons (Fsp3) is 0.440. The van der Waals surface area contributed by atoms with Crippen molar-refractivity contribution >= 4 is 35.0 Å². The fourth-order valence-corrected chi connectivity index (χ4v) is 5.38. The fourth-order valence-electron chi connectivity index (χ4n) is 4.79. The average Bonchev–Trinajstić information content (AvgIpc) is 3.42. The third-order valence-corrected chi connectivity index (χ3v) is 7.45. The van der Waals surface area contributed by atoms with E-state index in [1.54, 1.807) is 18.2 Å². The molecule has 35 heavy (non-hydrogen) atoms. The van der Waals surface area contributed by atoms with Gasteiger partial charge in [0.05, 0.1) is 11.0 Å². The van der Waals surface area contributed by atoms with Gasteiger partial charge in [0, 0.05) is 23.0 Å². The van der Waals surface area contributed by atoms with Crippen molar-refractivity contribution in [2.75, 3.05) is 19.6 Å². The summed E-state index contributed by atoms with van der Waals surface area (Å²) in [5.74, 6) is -0.823. The standard InChI is InChI=1S/C25H26Cl2F3N3O2/c26-18-5-6-19(20(27)12-18)24(8-9-24)23(35)33(14-16-7-10-32-13-16)21(22(31)34)11-15-1-3-17(4-2-15)25(28,29)30/h1-6,12,16,21,32H,7-11,13-14H2,(H2,31,34)/t16?,21-/m0/s1. The van der Waals surface area contributed by atoms with Gasteiger partial charge in [0.15, 0.2) is 0 Å². The first-order valence-corrected chi connectivity index (χ1v) is 12.2. The third kappa shape index (κ3) is 5.60. The molecule has 2 amide bonds. The van der Waals surface area contributed by atoms with Crippen molar-refractivity contribution in [2.24, 2.45) is 11.7 Å². The maximum atomic E-state index is 14.0. The van der Waals surface area contributed by atoms with Crippen molar-refractivity contribution in [2.45, 2.75) is 43.3 Å². The lowest BCUT2D eigenvalue weighted by Crippen LogP contribution is -2.54. The van der Waals surface area contributed by atoms with Gasteiger partial charge in [-0.2, -0.15) is 13.2 Å². The van der Waals surface area contributed by atoms with Crippen LogP contribution in [0.15, 0.2) is 42.5 Å². The van der Waals surface area contributed by atoms with Crippen LogP contribution >= 0.6 is 23.2 Å². The number of amides is 2. The zero-order chi connectivity index (χ0) is 25.4. The SMILES string of the molecule is NC(=O)[C@H](Cc1ccc(C(F)(F)F)cc1)N(CC1CCNC1)C(=O)C1(c2ccc(Cl)cc2Cl)CC1. The molecule has 2 fully saturated rings. The molecule has 0 radical (unpaired) electrons. The quantitative estimate of drug-likeness (QED) is 0.527. The number of nitrogens with two attached hydrogens (primary N) is 1. The van der Waals surface area contributed by atoms with Gasteiger partial charge >= 0.3 is 6.18 Å². The second-order valence-corrected chi connectivity index (χ2v) is 10.2. The Bertz CT molecular complexity index is 1100. The molecule has 2 aromatic carbocycles. The van der Waals surface area contributed by atoms with Crippen molar-refractivity contribution < 1.29 is 22.8 Å². The highest BCUT2D eigenvalue weighted by Crippen LogP contribution is 2.52. The normalized spacial score (nSPS) is 19.9. The second kappa shape index (κ2) is 9.99. The Morgan fingerprint density at radius 1 is 1.14 bits per heavy atom. The second-order valence-electron chi connectivity index (χ2n) is 9.34. The Kier molecular flexibility index (Phi) is 7.36. The summed E-state index contributed by atoms with van der Waals surface area (Å²) in [7, 11) is 0. The van der Waals surface area contributed by atoms with Gasteiger partial charge < -0.3 is 16.0 Å². The van der Waals surface area contributed by atoms with E-state index in [-0.39, 0.29) is 18.2 Å². The summed E-state index contributed by atoms with van der Waals surface area (Å²) in [5, 5.41) is 4.09. The summed E-state index contributed by atoms with van der Waals surface area (Å²) >= 11 is 12.5. The van der Waals surface area contributed by atoms with E-state index < -0.39 is 29.1 Å². The number of nitrogens with one attached hydrogen (secondary N) is 1. The number of primary amides is 1. The molecule has 1 aliphatic heterocycles. The lowest BCUT2D eigenvalue weighted by molar-refractivity contribution is -0.142. The number of hydrogen-bond acceptors (Lipinski definition) is 3. The van der Waals surface area contributed by atoms with Crippen LogP contribution in [0.25, 0.3) is 0 Å². The molecule has 2 aliphatic rings. The summed E-state index contributed by atoms with van der Waals surface area (Å²) in [6.07, 6.45) is -2.47. The zero-order valence-electron chi connectivity index (χ0n) is 18.9. The van der Waals surface area contributed by atoms with Crippen molar-refractivity contribution in [3.8, 4) is 0 Å². The van der Waals surface area contributed by atoms with E-state index in [2.05, 4.69) is 5.32 Å². The predicted octanol–water partition coefficient (Wildman–Crippen LogP) is 4.58. The van der Waals surface area contributed by atoms with E-state index in [0.717, 1.165) is 25.1 Å². The highest BCUT2D eigenvalue weighted by atomic mass is 35.5. The minimum Gasteiger partial charge on any atom is -0.368 e. The van der Waals surface area contributed by atoms with Gasteiger partial charge in [-0.15, -0.1) is 0 Å². The van der Waals surface area contributed by atoms with Crippen molar-refractivity contribution in [3.05, 3.63) is 69.2 Å². The van der Waals surface area contributed by atoms with E-state index in [0.29, 0.717) is 47.1 Å². The molecule has 3 N–H and O–H groups in total. The Morgan fingerprint density at radius 3 is 2.34 bits per heavy atom. The predicted molar refractivity (Wildman–Crippen MR) is 128 cm³/mol. The van der Waals surface area contributed by atoms with E-state index in [1.807, 2.05) is 0 Å². The number of benzene rings is 2. The summed E-state index contributed by atoms with van der Waals surface area (Å²) in [6.45, 7) is 1.82. The Labute approximate surface area is 211 Å². The maximum Gasteiger partial charge on any atom is 0.416 e. The molecule has 2 aromatic rings. The zero-order valence-corrected chi connectivity index (χ0v) is 20.4. The number of carbonyl (C=O) groups is 2. The lowest BCUT2D eigenvalue weighted by Gasteiger charge is -2.35. The minimum atomic E-state index is -4.46. The number of hydrogen-bond donors (Lipinski definition) is 2. The van der Waals surface area contributed by atoms with E-state index in [1.165, 1.54) is 17.0 Å². The monoisotopic (exact) mass is 527 g/mol. The largest absolute Gasteiger partial charge is 0.416 e. The molecule has 10 heteroatoms. The molecule has 1 heterocycles. The molecule has 1 saturated carbocycles. The summed E-state index contributed by atoms with van der Waals surface area (Å²) < 4.78 is 38.9. The van der Waals surface area contributed by atoms with Crippen molar-refractivity contribution in [1.82, 2.24) is 10.2 Å². The van der Waals surface area contributed by atoms with E-state index >= 15 is 0 Å². The first-order chi connectivity index (χ1) is 16.5. The third-order valence-electron chi connectivity index (χ3n) is 6.90. The number of halogens is 5. The molecule has 4 rings (SSSR count). The number of carbonyl (C=O) groups excluding carboxylic acids is 2. The van der Waals surface area contributed by atoms with E-state index in [9.17, 15) is 22.8 Å². The van der Waals surface area contributed by atoms with Gasteiger partial charge in [-0.1, -0.05) is 41.4 Å². The number of alkyl halides is 3. The molecule has 0 bridgehead atoms. The van der Waals surface area contributed by atoms with Gasteiger partial charge in [0.2, 0.25) is 11.8 Å². The van der Waals surface area contributed by atoms with E-state index in [4.69, 9.17) is 28.9 Å². The van der Waals surface area contributed by atoms with Crippen LogP contribution in [0.4, 0.5) is 13.2 Å². The van der Waals surface area contributed by atoms with Crippen LogP contribution in [-0.2, 0) is 27.6 Å². The van der Waals surface area contributed by atoms with Crippen molar-refractivity contribution in [3.63, 3.8) is 0 Å². The van der Waals surface area contributed by atoms with Gasteiger partial charge in [0.1, 0.15) is 6.04 Å². The summed E-state index contributed by atoms with van der Waals surface area (Å²) in [5.41, 5.74) is 5.26.